The van der Waals surface area contributed by atoms with Gasteiger partial charge in [-0.15, -0.1) is 0 Å². The first-order chi connectivity index (χ1) is 7.06. The first-order valence-corrected chi connectivity index (χ1v) is 5.50. The van der Waals surface area contributed by atoms with Gasteiger partial charge in [-0.1, -0.05) is 6.92 Å². The zero-order valence-electron chi connectivity index (χ0n) is 9.95. The molecule has 0 fully saturated rings. The summed E-state index contributed by atoms with van der Waals surface area (Å²) in [5.41, 5.74) is 0. The average molecular weight is 217 g/mol. The lowest BCUT2D eigenvalue weighted by molar-refractivity contribution is -0.121. The fourth-order valence-electron chi connectivity index (χ4n) is 1.42. The van der Waals surface area contributed by atoms with E-state index in [1.165, 1.54) is 0 Å². The van der Waals surface area contributed by atoms with Crippen molar-refractivity contribution in [2.75, 3.05) is 20.3 Å². The predicted molar refractivity (Wildman–Crippen MR) is 59.6 cm³/mol. The molecule has 0 aromatic rings. The first-order valence-electron chi connectivity index (χ1n) is 5.50. The van der Waals surface area contributed by atoms with Gasteiger partial charge >= 0.3 is 0 Å². The Hall–Kier alpha value is -0.610. The number of carbonyl (C=O) groups is 1. The Morgan fingerprint density at radius 1 is 1.47 bits per heavy atom. The minimum Gasteiger partial charge on any atom is -0.393 e. The fourth-order valence-corrected chi connectivity index (χ4v) is 1.42. The Morgan fingerprint density at radius 2 is 2.13 bits per heavy atom. The molecule has 0 saturated carbocycles. The maximum Gasteiger partial charge on any atom is 0.220 e. The molecule has 0 rings (SSSR count). The SMILES string of the molecule is COCCCC(=O)NCC(C)CC(C)O. The van der Waals surface area contributed by atoms with E-state index in [9.17, 15) is 4.79 Å². The molecule has 0 aliphatic carbocycles. The fraction of sp³-hybridized carbons (Fsp3) is 0.909. The van der Waals surface area contributed by atoms with Crippen LogP contribution in [0.25, 0.3) is 0 Å². The van der Waals surface area contributed by atoms with Gasteiger partial charge in [-0.25, -0.2) is 0 Å². The lowest BCUT2D eigenvalue weighted by Gasteiger charge is -2.14. The molecule has 2 unspecified atom stereocenters. The van der Waals surface area contributed by atoms with Crippen molar-refractivity contribution >= 4 is 5.91 Å². The Labute approximate surface area is 92.0 Å². The second kappa shape index (κ2) is 8.68. The molecule has 15 heavy (non-hydrogen) atoms. The van der Waals surface area contributed by atoms with E-state index in [4.69, 9.17) is 9.84 Å². The van der Waals surface area contributed by atoms with Crippen LogP contribution in [0.5, 0.6) is 0 Å². The van der Waals surface area contributed by atoms with Crippen LogP contribution in [-0.4, -0.2) is 37.4 Å². The van der Waals surface area contributed by atoms with Crippen LogP contribution in [0.15, 0.2) is 0 Å². The smallest absolute Gasteiger partial charge is 0.220 e. The van der Waals surface area contributed by atoms with Gasteiger partial charge in [0.05, 0.1) is 6.10 Å². The summed E-state index contributed by atoms with van der Waals surface area (Å²) in [5, 5.41) is 12.0. The molecule has 0 saturated heterocycles. The molecule has 0 aliphatic rings. The second-order valence-corrected chi connectivity index (χ2v) is 4.09. The maximum atomic E-state index is 11.3. The molecule has 0 spiro atoms. The lowest BCUT2D eigenvalue weighted by atomic mass is 10.0. The second-order valence-electron chi connectivity index (χ2n) is 4.09. The third-order valence-electron chi connectivity index (χ3n) is 2.14. The number of aliphatic hydroxyl groups is 1. The van der Waals surface area contributed by atoms with E-state index in [-0.39, 0.29) is 12.0 Å². The van der Waals surface area contributed by atoms with E-state index in [0.717, 1.165) is 12.8 Å². The number of hydrogen-bond acceptors (Lipinski definition) is 3. The predicted octanol–water partition coefficient (Wildman–Crippen LogP) is 0.936. The molecule has 0 heterocycles. The van der Waals surface area contributed by atoms with E-state index >= 15 is 0 Å². The van der Waals surface area contributed by atoms with E-state index in [1.807, 2.05) is 6.92 Å². The molecule has 0 aromatic carbocycles. The normalized spacial score (nSPS) is 14.7. The number of methoxy groups -OCH3 is 1. The Bertz CT molecular complexity index is 171. The van der Waals surface area contributed by atoms with E-state index in [0.29, 0.717) is 25.5 Å². The molecule has 2 N–H and O–H groups in total. The number of rotatable bonds is 8. The number of nitrogens with one attached hydrogen (secondary N) is 1. The van der Waals surface area contributed by atoms with Crippen molar-refractivity contribution in [3.05, 3.63) is 0 Å². The van der Waals surface area contributed by atoms with Gasteiger partial charge in [0.25, 0.3) is 0 Å². The molecule has 0 radical (unpaired) electrons. The van der Waals surface area contributed by atoms with Gasteiger partial charge in [-0.2, -0.15) is 0 Å². The van der Waals surface area contributed by atoms with Gasteiger partial charge in [-0.3, -0.25) is 4.79 Å². The highest BCUT2D eigenvalue weighted by Crippen LogP contribution is 2.04. The van der Waals surface area contributed by atoms with Gasteiger partial charge in [0.1, 0.15) is 0 Å². The first kappa shape index (κ1) is 14.4. The van der Waals surface area contributed by atoms with Crippen LogP contribution in [0.1, 0.15) is 33.1 Å². The molecule has 4 heteroatoms. The number of amides is 1. The van der Waals surface area contributed by atoms with E-state index in [2.05, 4.69) is 5.32 Å². The van der Waals surface area contributed by atoms with Crippen LogP contribution in [-0.2, 0) is 9.53 Å². The van der Waals surface area contributed by atoms with Gasteiger partial charge in [0.2, 0.25) is 5.91 Å². The van der Waals surface area contributed by atoms with Crippen molar-refractivity contribution in [1.29, 1.82) is 0 Å². The molecule has 0 aromatic heterocycles. The highest BCUT2D eigenvalue weighted by molar-refractivity contribution is 5.75. The Morgan fingerprint density at radius 3 is 2.67 bits per heavy atom. The summed E-state index contributed by atoms with van der Waals surface area (Å²) in [7, 11) is 1.63. The molecule has 1 amide bonds. The molecule has 0 aliphatic heterocycles. The largest absolute Gasteiger partial charge is 0.393 e. The number of ether oxygens (including phenoxy) is 1. The lowest BCUT2D eigenvalue weighted by Crippen LogP contribution is -2.29. The van der Waals surface area contributed by atoms with Gasteiger partial charge in [-0.05, 0) is 25.7 Å². The highest BCUT2D eigenvalue weighted by atomic mass is 16.5. The summed E-state index contributed by atoms with van der Waals surface area (Å²) in [4.78, 5) is 11.3. The third kappa shape index (κ3) is 9.69. The number of aliphatic hydroxyl groups excluding tert-OH is 1. The van der Waals surface area contributed by atoms with Crippen molar-refractivity contribution < 1.29 is 14.6 Å². The standard InChI is InChI=1S/C11H23NO3/c1-9(7-10(2)13)8-12-11(14)5-4-6-15-3/h9-10,13H,4-8H2,1-3H3,(H,12,14). The van der Waals surface area contributed by atoms with Crippen LogP contribution in [0.2, 0.25) is 0 Å². The zero-order valence-corrected chi connectivity index (χ0v) is 9.95. The monoisotopic (exact) mass is 217 g/mol. The van der Waals surface area contributed by atoms with Crippen molar-refractivity contribution in [3.63, 3.8) is 0 Å². The highest BCUT2D eigenvalue weighted by Gasteiger charge is 2.07. The summed E-state index contributed by atoms with van der Waals surface area (Å²) in [6, 6.07) is 0. The summed E-state index contributed by atoms with van der Waals surface area (Å²) in [6.07, 6.45) is 1.69. The van der Waals surface area contributed by atoms with Gasteiger partial charge < -0.3 is 15.2 Å². The number of carbonyl (C=O) groups excluding carboxylic acids is 1. The molecule has 4 nitrogen and oxygen atoms in total. The van der Waals surface area contributed by atoms with Crippen molar-refractivity contribution in [1.82, 2.24) is 5.32 Å². The molecule has 0 bridgehead atoms. The minimum atomic E-state index is -0.301. The molecular weight excluding hydrogens is 194 g/mol. The van der Waals surface area contributed by atoms with Crippen LogP contribution < -0.4 is 5.32 Å². The summed E-state index contributed by atoms with van der Waals surface area (Å²) in [5.74, 6) is 0.376. The topological polar surface area (TPSA) is 58.6 Å². The Balaban J connectivity index is 3.44. The summed E-state index contributed by atoms with van der Waals surface area (Å²) < 4.78 is 4.86. The van der Waals surface area contributed by atoms with Gasteiger partial charge in [0.15, 0.2) is 0 Å². The Kier molecular flexibility index (Phi) is 8.33. The van der Waals surface area contributed by atoms with Crippen molar-refractivity contribution in [2.45, 2.75) is 39.2 Å². The molecular formula is C11H23NO3. The zero-order chi connectivity index (χ0) is 11.7. The molecule has 90 valence electrons. The number of hydrogen-bond donors (Lipinski definition) is 2. The third-order valence-corrected chi connectivity index (χ3v) is 2.14. The molecule has 2 atom stereocenters. The average Bonchev–Trinajstić information content (AvgIpc) is 2.14. The van der Waals surface area contributed by atoms with Crippen LogP contribution >= 0.6 is 0 Å². The van der Waals surface area contributed by atoms with Crippen LogP contribution in [0, 0.1) is 5.92 Å². The summed E-state index contributed by atoms with van der Waals surface area (Å²) >= 11 is 0. The minimum absolute atomic E-state index is 0.0597. The summed E-state index contributed by atoms with van der Waals surface area (Å²) in [6.45, 7) is 5.03. The van der Waals surface area contributed by atoms with Crippen LogP contribution in [0.4, 0.5) is 0 Å². The maximum absolute atomic E-state index is 11.3. The van der Waals surface area contributed by atoms with E-state index in [1.54, 1.807) is 14.0 Å². The van der Waals surface area contributed by atoms with Crippen LogP contribution in [0.3, 0.4) is 0 Å². The van der Waals surface area contributed by atoms with E-state index < -0.39 is 0 Å². The van der Waals surface area contributed by atoms with Gasteiger partial charge in [0, 0.05) is 26.7 Å². The van der Waals surface area contributed by atoms with Crippen molar-refractivity contribution in [2.24, 2.45) is 5.92 Å². The quantitative estimate of drug-likeness (QED) is 0.595. The van der Waals surface area contributed by atoms with Crippen molar-refractivity contribution in [3.8, 4) is 0 Å².